The average molecular weight is 725 g/mol. The van der Waals surface area contributed by atoms with Gasteiger partial charge in [0, 0.05) is 0 Å². The van der Waals surface area contributed by atoms with E-state index in [-0.39, 0.29) is 0 Å². The molecule has 1 saturated heterocycles. The van der Waals surface area contributed by atoms with E-state index in [0.717, 1.165) is 52.8 Å². The summed E-state index contributed by atoms with van der Waals surface area (Å²) in [5.41, 5.74) is 15.3. The fraction of sp³-hybridized carbons (Fsp3) is 0.300. The van der Waals surface area contributed by atoms with E-state index < -0.39 is 11.9 Å². The molecule has 4 aromatic rings. The molecule has 0 bridgehead atoms. The Morgan fingerprint density at radius 3 is 1.64 bits per heavy atom. The van der Waals surface area contributed by atoms with Crippen molar-refractivity contribution in [2.45, 2.75) is 67.2 Å². The third kappa shape index (κ3) is 5.93. The van der Waals surface area contributed by atoms with Crippen LogP contribution in [0.15, 0.2) is 84.9 Å². The number of nitrogens with zero attached hydrogens (tertiary/aromatic N) is 2. The first-order valence-electron chi connectivity index (χ1n) is 16.1. The molecule has 0 N–H and O–H groups in total. The maximum absolute atomic E-state index is 8.08. The van der Waals surface area contributed by atoms with E-state index in [4.69, 9.17) is 19.4 Å². The quantitative estimate of drug-likeness (QED) is 0.175. The number of fused-ring (bicyclic) bond motifs is 1. The topological polar surface area (TPSA) is 6.48 Å². The number of hydrogen-bond donors (Lipinski definition) is 0. The van der Waals surface area contributed by atoms with E-state index in [9.17, 15) is 0 Å². The van der Waals surface area contributed by atoms with Crippen LogP contribution in [-0.2, 0) is 24.7 Å². The van der Waals surface area contributed by atoms with E-state index in [1.165, 1.54) is 61.5 Å². The Morgan fingerprint density at radius 1 is 0.644 bits per heavy atom. The molecule has 0 unspecified atom stereocenters. The van der Waals surface area contributed by atoms with E-state index in [1.807, 2.05) is 0 Å². The van der Waals surface area contributed by atoms with Crippen LogP contribution in [0, 0.1) is 27.7 Å². The van der Waals surface area contributed by atoms with Crippen molar-refractivity contribution >= 4 is 44.8 Å². The van der Waals surface area contributed by atoms with Gasteiger partial charge in [-0.15, -0.1) is 0 Å². The average Bonchev–Trinajstić information content (AvgIpc) is 3.61. The van der Waals surface area contributed by atoms with Crippen molar-refractivity contribution in [3.05, 3.63) is 135 Å². The molecular formula is C40H44Cl2N2Ru. The van der Waals surface area contributed by atoms with Crippen LogP contribution in [0.4, 0.5) is 11.4 Å². The standard InChI is InChI=1S/C25H34N2.C15H10.2ClH.Ru/c1-7-9-22-15-18(3)13-20(5)24(22)26-11-12-27(17-26)25-21(6)14-19(4)16-23(25)10-8-2;1-2-6-12(7-3-1)15-11-10-13-8-4-5-9-14(13)15;;;/h13-16H,7-12H2,1-6H3;1-9,11H;2*1H;/q;;;;+2/p-2. The third-order valence-electron chi connectivity index (χ3n) is 8.86. The summed E-state index contributed by atoms with van der Waals surface area (Å²) in [6.45, 7) is 15.1. The number of hydrogen-bond acceptors (Lipinski definition) is 2. The van der Waals surface area contributed by atoms with Crippen molar-refractivity contribution in [3.8, 4) is 0 Å². The molecule has 1 aliphatic carbocycles. The van der Waals surface area contributed by atoms with E-state index >= 15 is 0 Å². The van der Waals surface area contributed by atoms with Crippen LogP contribution in [0.5, 0.6) is 0 Å². The Kier molecular flexibility index (Phi) is 9.36. The van der Waals surface area contributed by atoms with Gasteiger partial charge in [-0.05, 0) is 0 Å². The molecule has 4 aromatic carbocycles. The minimum absolute atomic E-state index is 0.848. The molecule has 0 radical (unpaired) electrons. The maximum atomic E-state index is 8.08. The fourth-order valence-corrected chi connectivity index (χ4v) is 14.2. The van der Waals surface area contributed by atoms with Gasteiger partial charge in [-0.25, -0.2) is 0 Å². The Labute approximate surface area is 280 Å². The molecule has 1 heterocycles. The van der Waals surface area contributed by atoms with Crippen molar-refractivity contribution in [1.29, 1.82) is 0 Å². The molecule has 45 heavy (non-hydrogen) atoms. The molecule has 0 amide bonds. The molecule has 0 saturated carbocycles. The second-order valence-corrected chi connectivity index (χ2v) is 21.7. The van der Waals surface area contributed by atoms with Gasteiger partial charge in [0.05, 0.1) is 0 Å². The minimum atomic E-state index is -3.82. The molecular weight excluding hydrogens is 680 g/mol. The number of allylic oxidation sites excluding steroid dienone is 1. The van der Waals surface area contributed by atoms with Gasteiger partial charge in [0.25, 0.3) is 0 Å². The predicted octanol–water partition coefficient (Wildman–Crippen LogP) is 10.4. The number of anilines is 2. The van der Waals surface area contributed by atoms with Gasteiger partial charge in [0.1, 0.15) is 0 Å². The summed E-state index contributed by atoms with van der Waals surface area (Å²) in [4.78, 5) is 5.04. The summed E-state index contributed by atoms with van der Waals surface area (Å²) in [6.07, 6.45) is 6.51. The molecule has 1 aliphatic heterocycles. The first kappa shape index (κ1) is 32.1. The van der Waals surface area contributed by atoms with Crippen LogP contribution in [-0.4, -0.2) is 21.6 Å². The van der Waals surface area contributed by atoms with Gasteiger partial charge in [0.15, 0.2) is 0 Å². The summed E-state index contributed by atoms with van der Waals surface area (Å²) in [6, 6.07) is 28.7. The number of halogens is 2. The van der Waals surface area contributed by atoms with Gasteiger partial charge in [-0.1, -0.05) is 0 Å². The SMILES string of the molecule is CCCc1cc(C)cc(C)c1N1CCN(c2c(C)cc(C)cc2CCC)[C]1=[Ru]([Cl])([Cl])=[C]1C=C(c2ccccc2)c2ccccc21. The Morgan fingerprint density at radius 2 is 1.13 bits per heavy atom. The van der Waals surface area contributed by atoms with Crippen LogP contribution < -0.4 is 9.80 Å². The zero-order valence-electron chi connectivity index (χ0n) is 27.3. The number of benzene rings is 4. The number of aryl methyl sites for hydroxylation is 6. The monoisotopic (exact) mass is 724 g/mol. The molecule has 0 spiro atoms. The van der Waals surface area contributed by atoms with Gasteiger partial charge < -0.3 is 0 Å². The molecule has 0 atom stereocenters. The van der Waals surface area contributed by atoms with Crippen LogP contribution in [0.25, 0.3) is 5.57 Å². The number of rotatable bonds is 7. The van der Waals surface area contributed by atoms with Crippen molar-refractivity contribution in [2.75, 3.05) is 22.9 Å². The normalized spacial score (nSPS) is 15.2. The van der Waals surface area contributed by atoms with E-state index in [2.05, 4.69) is 136 Å². The van der Waals surface area contributed by atoms with Crippen molar-refractivity contribution in [1.82, 2.24) is 0 Å². The molecule has 2 aliphatic rings. The van der Waals surface area contributed by atoms with Gasteiger partial charge >= 0.3 is 282 Å². The Hall–Kier alpha value is -2.84. The van der Waals surface area contributed by atoms with Gasteiger partial charge in [-0.2, -0.15) is 0 Å². The van der Waals surface area contributed by atoms with Crippen molar-refractivity contribution in [2.24, 2.45) is 0 Å². The summed E-state index contributed by atoms with van der Waals surface area (Å²) in [5.74, 6) is 0. The molecule has 6 rings (SSSR count). The van der Waals surface area contributed by atoms with Gasteiger partial charge in [0.2, 0.25) is 0 Å². The zero-order valence-corrected chi connectivity index (χ0v) is 30.6. The Balaban J connectivity index is 1.73. The molecule has 2 nitrogen and oxygen atoms in total. The van der Waals surface area contributed by atoms with E-state index in [0.29, 0.717) is 0 Å². The van der Waals surface area contributed by atoms with Crippen molar-refractivity contribution in [3.63, 3.8) is 0 Å². The molecule has 236 valence electrons. The predicted molar refractivity (Wildman–Crippen MR) is 195 cm³/mol. The fourth-order valence-electron chi connectivity index (χ4n) is 7.28. The van der Waals surface area contributed by atoms with Crippen LogP contribution in [0.1, 0.15) is 76.8 Å². The van der Waals surface area contributed by atoms with E-state index in [1.54, 1.807) is 0 Å². The summed E-state index contributed by atoms with van der Waals surface area (Å²) >= 11 is -3.82. The summed E-state index contributed by atoms with van der Waals surface area (Å²) in [7, 11) is 16.2. The zero-order chi connectivity index (χ0) is 31.9. The van der Waals surface area contributed by atoms with Gasteiger partial charge in [-0.3, -0.25) is 0 Å². The second kappa shape index (κ2) is 13.1. The van der Waals surface area contributed by atoms with Crippen molar-refractivity contribution < 1.29 is 11.9 Å². The Bertz CT molecular complexity index is 1850. The first-order valence-corrected chi connectivity index (χ1v) is 22.4. The molecule has 5 heteroatoms. The third-order valence-corrected chi connectivity index (χ3v) is 15.8. The van der Waals surface area contributed by atoms with Crippen LogP contribution in [0.2, 0.25) is 0 Å². The summed E-state index contributed by atoms with van der Waals surface area (Å²) < 4.78 is 2.19. The second-order valence-electron chi connectivity index (χ2n) is 12.5. The van der Waals surface area contributed by atoms with Crippen LogP contribution >= 0.6 is 19.4 Å². The first-order chi connectivity index (χ1) is 21.6. The van der Waals surface area contributed by atoms with Crippen LogP contribution in [0.3, 0.4) is 0 Å². The summed E-state index contributed by atoms with van der Waals surface area (Å²) in [5, 5.41) is 0. The molecule has 1 fully saturated rings. The molecule has 0 aromatic heterocycles.